The highest BCUT2D eigenvalue weighted by Gasteiger charge is 2.38. The Balaban J connectivity index is 1.85. The number of carbonyl (C=O) groups excluding carboxylic acids is 1. The molecule has 1 amide bonds. The van der Waals surface area contributed by atoms with Crippen LogP contribution in [0.4, 0.5) is 8.78 Å². The molecule has 3 nitrogen and oxygen atoms in total. The number of piperidine rings is 1. The minimum absolute atomic E-state index is 0.0692. The molecule has 1 saturated heterocycles. The first-order chi connectivity index (χ1) is 13.7. The van der Waals surface area contributed by atoms with E-state index in [1.807, 2.05) is 6.92 Å². The molecule has 1 fully saturated rings. The average molecular weight is 441 g/mol. The maximum atomic E-state index is 13.9. The molecule has 1 aliphatic rings. The standard InChI is InChI=1S/C22H24Cl2F2N2O/c1-14(15-9-17(23)12-18(24)10-15)28(2)21(29)13-22(5-7-27-8-6-22)16-3-4-19(25)20(26)11-16/h3-4,9-12,14,27H,5-8,13H2,1-2H3. The summed E-state index contributed by atoms with van der Waals surface area (Å²) in [5, 5.41) is 4.30. The van der Waals surface area contributed by atoms with Gasteiger partial charge in [0.1, 0.15) is 0 Å². The van der Waals surface area contributed by atoms with Crippen molar-refractivity contribution in [3.8, 4) is 0 Å². The first-order valence-corrected chi connectivity index (χ1v) is 10.4. The number of nitrogens with zero attached hydrogens (tertiary/aromatic N) is 1. The molecule has 1 aliphatic heterocycles. The van der Waals surface area contributed by atoms with Crippen LogP contribution in [0.3, 0.4) is 0 Å². The van der Waals surface area contributed by atoms with Crippen LogP contribution in [0.25, 0.3) is 0 Å². The number of halogens is 4. The van der Waals surface area contributed by atoms with Gasteiger partial charge in [0, 0.05) is 28.9 Å². The molecular formula is C22H24Cl2F2N2O. The number of carbonyl (C=O) groups is 1. The van der Waals surface area contributed by atoms with E-state index in [0.717, 1.165) is 24.7 Å². The van der Waals surface area contributed by atoms with Crippen molar-refractivity contribution in [1.29, 1.82) is 0 Å². The molecule has 3 rings (SSSR count). The minimum atomic E-state index is -0.886. The maximum Gasteiger partial charge on any atom is 0.223 e. The predicted octanol–water partition coefficient (Wildman–Crippen LogP) is 5.50. The summed E-state index contributed by atoms with van der Waals surface area (Å²) in [7, 11) is 1.74. The zero-order chi connectivity index (χ0) is 21.2. The highest BCUT2D eigenvalue weighted by Crippen LogP contribution is 2.39. The largest absolute Gasteiger partial charge is 0.339 e. The van der Waals surface area contributed by atoms with E-state index in [1.165, 1.54) is 6.07 Å². The van der Waals surface area contributed by atoms with E-state index in [0.29, 0.717) is 28.5 Å². The van der Waals surface area contributed by atoms with Crippen LogP contribution in [0.15, 0.2) is 36.4 Å². The lowest BCUT2D eigenvalue weighted by atomic mass is 9.70. The fraction of sp³-hybridized carbons (Fsp3) is 0.409. The van der Waals surface area contributed by atoms with Crippen LogP contribution in [0.5, 0.6) is 0 Å². The smallest absolute Gasteiger partial charge is 0.223 e. The fourth-order valence-corrected chi connectivity index (χ4v) is 4.51. The van der Waals surface area contributed by atoms with Crippen molar-refractivity contribution in [3.05, 3.63) is 69.2 Å². The molecule has 7 heteroatoms. The zero-order valence-corrected chi connectivity index (χ0v) is 18.0. The quantitative estimate of drug-likeness (QED) is 0.665. The third-order valence-electron chi connectivity index (χ3n) is 5.92. The number of hydrogen-bond acceptors (Lipinski definition) is 2. The van der Waals surface area contributed by atoms with Crippen molar-refractivity contribution in [3.63, 3.8) is 0 Å². The van der Waals surface area contributed by atoms with E-state index < -0.39 is 17.0 Å². The van der Waals surface area contributed by atoms with Gasteiger partial charge in [-0.3, -0.25) is 4.79 Å². The minimum Gasteiger partial charge on any atom is -0.339 e. The van der Waals surface area contributed by atoms with Crippen molar-refractivity contribution in [2.24, 2.45) is 0 Å². The topological polar surface area (TPSA) is 32.3 Å². The van der Waals surface area contributed by atoms with Gasteiger partial charge in [0.05, 0.1) is 6.04 Å². The third-order valence-corrected chi connectivity index (χ3v) is 6.36. The van der Waals surface area contributed by atoms with Gasteiger partial charge in [0.15, 0.2) is 11.6 Å². The van der Waals surface area contributed by atoms with E-state index in [1.54, 1.807) is 36.2 Å². The summed E-state index contributed by atoms with van der Waals surface area (Å²) >= 11 is 12.2. The van der Waals surface area contributed by atoms with E-state index in [2.05, 4.69) is 5.32 Å². The Labute approximate surface area is 180 Å². The summed E-state index contributed by atoms with van der Waals surface area (Å²) in [4.78, 5) is 14.9. The normalized spacial score (nSPS) is 17.0. The van der Waals surface area contributed by atoms with E-state index in [-0.39, 0.29) is 18.4 Å². The molecule has 0 spiro atoms. The van der Waals surface area contributed by atoms with E-state index in [4.69, 9.17) is 23.2 Å². The lowest BCUT2D eigenvalue weighted by Gasteiger charge is -2.39. The second-order valence-corrected chi connectivity index (χ2v) is 8.59. The summed E-state index contributed by atoms with van der Waals surface area (Å²) in [5.74, 6) is -1.84. The van der Waals surface area contributed by atoms with Gasteiger partial charge in [-0.05, 0) is 74.3 Å². The summed E-state index contributed by atoms with van der Waals surface area (Å²) in [6.45, 7) is 3.34. The Kier molecular flexibility index (Phi) is 6.82. The second kappa shape index (κ2) is 8.99. The summed E-state index contributed by atoms with van der Waals surface area (Å²) in [6.07, 6.45) is 1.57. The Hall–Kier alpha value is -1.69. The van der Waals surface area contributed by atoms with Crippen LogP contribution < -0.4 is 5.32 Å². The van der Waals surface area contributed by atoms with Crippen LogP contribution in [-0.4, -0.2) is 30.9 Å². The van der Waals surface area contributed by atoms with Crippen LogP contribution in [0.2, 0.25) is 10.0 Å². The van der Waals surface area contributed by atoms with Gasteiger partial charge in [0.25, 0.3) is 0 Å². The van der Waals surface area contributed by atoms with Crippen molar-refractivity contribution >= 4 is 29.1 Å². The molecule has 1 unspecified atom stereocenters. The molecule has 0 aromatic heterocycles. The Morgan fingerprint density at radius 2 is 1.72 bits per heavy atom. The van der Waals surface area contributed by atoms with Gasteiger partial charge in [-0.1, -0.05) is 29.3 Å². The van der Waals surface area contributed by atoms with Crippen LogP contribution >= 0.6 is 23.2 Å². The van der Waals surface area contributed by atoms with Crippen molar-refractivity contribution in [2.75, 3.05) is 20.1 Å². The second-order valence-electron chi connectivity index (χ2n) is 7.72. The third kappa shape index (κ3) is 4.90. The number of hydrogen-bond donors (Lipinski definition) is 1. The van der Waals surface area contributed by atoms with E-state index >= 15 is 0 Å². The molecule has 0 bridgehead atoms. The molecule has 0 saturated carbocycles. The predicted molar refractivity (Wildman–Crippen MR) is 112 cm³/mol. The van der Waals surface area contributed by atoms with E-state index in [9.17, 15) is 13.6 Å². The molecule has 1 atom stereocenters. The van der Waals surface area contributed by atoms with Gasteiger partial charge >= 0.3 is 0 Å². The van der Waals surface area contributed by atoms with Crippen LogP contribution in [0.1, 0.15) is 43.4 Å². The zero-order valence-electron chi connectivity index (χ0n) is 16.4. The van der Waals surface area contributed by atoms with Crippen LogP contribution in [0, 0.1) is 11.6 Å². The maximum absolute atomic E-state index is 13.9. The molecule has 2 aromatic carbocycles. The molecule has 1 N–H and O–H groups in total. The molecular weight excluding hydrogens is 417 g/mol. The lowest BCUT2D eigenvalue weighted by molar-refractivity contribution is -0.133. The van der Waals surface area contributed by atoms with Crippen molar-refractivity contribution < 1.29 is 13.6 Å². The van der Waals surface area contributed by atoms with Crippen LogP contribution in [-0.2, 0) is 10.2 Å². The van der Waals surface area contributed by atoms with Gasteiger partial charge in [0.2, 0.25) is 5.91 Å². The first kappa shape index (κ1) is 22.0. The molecule has 0 radical (unpaired) electrons. The molecule has 0 aliphatic carbocycles. The SMILES string of the molecule is CC(c1cc(Cl)cc(Cl)c1)N(C)C(=O)CC1(c2ccc(F)c(F)c2)CCNCC1. The van der Waals surface area contributed by atoms with Crippen molar-refractivity contribution in [2.45, 2.75) is 37.6 Å². The summed E-state index contributed by atoms with van der Waals surface area (Å²) in [6, 6.07) is 8.95. The Morgan fingerprint density at radius 1 is 1.10 bits per heavy atom. The summed E-state index contributed by atoms with van der Waals surface area (Å²) in [5.41, 5.74) is 0.972. The average Bonchev–Trinajstić information content (AvgIpc) is 2.68. The summed E-state index contributed by atoms with van der Waals surface area (Å²) < 4.78 is 27.4. The Bertz CT molecular complexity index is 880. The molecule has 29 heavy (non-hydrogen) atoms. The van der Waals surface area contributed by atoms with Gasteiger partial charge < -0.3 is 10.2 Å². The number of nitrogens with one attached hydrogen (secondary N) is 1. The molecule has 1 heterocycles. The molecule has 156 valence electrons. The number of rotatable bonds is 5. The highest BCUT2D eigenvalue weighted by molar-refractivity contribution is 6.34. The lowest BCUT2D eigenvalue weighted by Crippen LogP contribution is -2.44. The van der Waals surface area contributed by atoms with Gasteiger partial charge in [-0.2, -0.15) is 0 Å². The highest BCUT2D eigenvalue weighted by atomic mass is 35.5. The fourth-order valence-electron chi connectivity index (χ4n) is 3.97. The van der Waals surface area contributed by atoms with Gasteiger partial charge in [-0.15, -0.1) is 0 Å². The monoisotopic (exact) mass is 440 g/mol. The number of benzene rings is 2. The Morgan fingerprint density at radius 3 is 2.31 bits per heavy atom. The van der Waals surface area contributed by atoms with Crippen molar-refractivity contribution in [1.82, 2.24) is 10.2 Å². The first-order valence-electron chi connectivity index (χ1n) is 9.60. The molecule has 2 aromatic rings. The van der Waals surface area contributed by atoms with Gasteiger partial charge in [-0.25, -0.2) is 8.78 Å². The number of amides is 1.